The molecule has 150 valence electrons. The summed E-state index contributed by atoms with van der Waals surface area (Å²) in [5, 5.41) is 13.2. The molecule has 0 aliphatic heterocycles. The van der Waals surface area contributed by atoms with Gasteiger partial charge in [-0.05, 0) is 54.0 Å². The van der Waals surface area contributed by atoms with Crippen LogP contribution in [0, 0.1) is 5.92 Å². The highest BCUT2D eigenvalue weighted by Crippen LogP contribution is 2.13. The Morgan fingerprint density at radius 3 is 2.64 bits per heavy atom. The Bertz CT molecular complexity index is 813. The molecule has 0 spiro atoms. The van der Waals surface area contributed by atoms with Gasteiger partial charge in [-0.25, -0.2) is 4.68 Å². The molecule has 2 aromatic heterocycles. The molecule has 2 N–H and O–H groups in total. The normalized spacial score (nSPS) is 12.3. The molecule has 0 bridgehead atoms. The summed E-state index contributed by atoms with van der Waals surface area (Å²) in [5.41, 5.74) is 2.37. The summed E-state index contributed by atoms with van der Waals surface area (Å²) < 4.78 is 1.87. The molecule has 5 nitrogen and oxygen atoms in total. The van der Waals surface area contributed by atoms with E-state index in [4.69, 9.17) is 0 Å². The monoisotopic (exact) mass is 509 g/mol. The van der Waals surface area contributed by atoms with E-state index in [1.807, 2.05) is 35.3 Å². The summed E-state index contributed by atoms with van der Waals surface area (Å²) in [4.78, 5) is 5.76. The van der Waals surface area contributed by atoms with E-state index in [0.717, 1.165) is 37.6 Å². The Morgan fingerprint density at radius 2 is 2.00 bits per heavy atom. The molecule has 0 saturated carbocycles. The van der Waals surface area contributed by atoms with Crippen molar-refractivity contribution in [3.63, 3.8) is 0 Å². The first-order valence-corrected chi connectivity index (χ1v) is 10.2. The summed E-state index contributed by atoms with van der Waals surface area (Å²) in [5.74, 6) is 1.43. The lowest BCUT2D eigenvalue weighted by atomic mass is 10.1. The fraction of sp³-hybridized carbons (Fsp3) is 0.333. The standard InChI is InChI=1S/C21H27N5S.HI/c1-17(15-20-5-3-14-27-20)16-24-21(22-2)23-12-10-18-6-8-19(9-7-18)26-13-4-11-25-26;/h3-9,11,13-14,17H,10,12,15-16H2,1-2H3,(H2,22,23,24);1H. The number of aliphatic imine (C=N–C) groups is 1. The number of benzene rings is 1. The number of nitrogens with zero attached hydrogens (tertiary/aromatic N) is 3. The lowest BCUT2D eigenvalue weighted by molar-refractivity contribution is 0.562. The van der Waals surface area contributed by atoms with E-state index in [-0.39, 0.29) is 24.0 Å². The van der Waals surface area contributed by atoms with E-state index in [2.05, 4.69) is 69.4 Å². The lowest BCUT2D eigenvalue weighted by Crippen LogP contribution is -2.40. The second-order valence-electron chi connectivity index (χ2n) is 6.64. The molecular weight excluding hydrogens is 481 g/mol. The van der Waals surface area contributed by atoms with E-state index < -0.39 is 0 Å². The predicted octanol–water partition coefficient (Wildman–Crippen LogP) is 4.14. The van der Waals surface area contributed by atoms with Crippen LogP contribution in [0.3, 0.4) is 0 Å². The smallest absolute Gasteiger partial charge is 0.190 e. The van der Waals surface area contributed by atoms with Crippen molar-refractivity contribution in [2.75, 3.05) is 20.1 Å². The van der Waals surface area contributed by atoms with Crippen LogP contribution in [-0.2, 0) is 12.8 Å². The zero-order valence-electron chi connectivity index (χ0n) is 16.3. The summed E-state index contributed by atoms with van der Waals surface area (Å²) in [7, 11) is 1.82. The number of rotatable bonds is 8. The third kappa shape index (κ3) is 6.94. The van der Waals surface area contributed by atoms with Crippen LogP contribution in [0.1, 0.15) is 17.4 Å². The van der Waals surface area contributed by atoms with Crippen molar-refractivity contribution in [2.24, 2.45) is 10.9 Å². The number of thiophene rings is 1. The molecule has 0 aliphatic carbocycles. The average molecular weight is 509 g/mol. The van der Waals surface area contributed by atoms with Crippen molar-refractivity contribution in [3.05, 3.63) is 70.7 Å². The Hall–Kier alpha value is -1.87. The number of aromatic nitrogens is 2. The van der Waals surface area contributed by atoms with Crippen LogP contribution in [0.4, 0.5) is 0 Å². The van der Waals surface area contributed by atoms with Crippen molar-refractivity contribution in [1.29, 1.82) is 0 Å². The number of hydrogen-bond donors (Lipinski definition) is 2. The van der Waals surface area contributed by atoms with E-state index in [0.29, 0.717) is 5.92 Å². The summed E-state index contributed by atoms with van der Waals surface area (Å²) in [6, 6.07) is 14.7. The van der Waals surface area contributed by atoms with Gasteiger partial charge in [-0.1, -0.05) is 25.1 Å². The van der Waals surface area contributed by atoms with E-state index in [1.165, 1.54) is 10.4 Å². The molecule has 3 aromatic rings. The predicted molar refractivity (Wildman–Crippen MR) is 129 cm³/mol. The highest BCUT2D eigenvalue weighted by Gasteiger charge is 2.06. The third-order valence-electron chi connectivity index (χ3n) is 4.38. The largest absolute Gasteiger partial charge is 0.356 e. The number of halogens is 1. The van der Waals surface area contributed by atoms with Crippen LogP contribution < -0.4 is 10.6 Å². The van der Waals surface area contributed by atoms with E-state index in [1.54, 1.807) is 6.20 Å². The van der Waals surface area contributed by atoms with Crippen LogP contribution >= 0.6 is 35.3 Å². The van der Waals surface area contributed by atoms with Gasteiger partial charge in [-0.15, -0.1) is 35.3 Å². The topological polar surface area (TPSA) is 54.2 Å². The van der Waals surface area contributed by atoms with Gasteiger partial charge in [0.2, 0.25) is 0 Å². The number of hydrogen-bond acceptors (Lipinski definition) is 3. The Morgan fingerprint density at radius 1 is 1.18 bits per heavy atom. The molecule has 0 aliphatic rings. The number of nitrogens with one attached hydrogen (secondary N) is 2. The van der Waals surface area contributed by atoms with Crippen LogP contribution in [0.5, 0.6) is 0 Å². The summed E-state index contributed by atoms with van der Waals surface area (Å²) >= 11 is 1.82. The van der Waals surface area contributed by atoms with Gasteiger partial charge in [-0.2, -0.15) is 5.10 Å². The lowest BCUT2D eigenvalue weighted by Gasteiger charge is -2.15. The second-order valence-corrected chi connectivity index (χ2v) is 7.67. The van der Waals surface area contributed by atoms with Crippen molar-refractivity contribution in [3.8, 4) is 5.69 Å². The van der Waals surface area contributed by atoms with Crippen LogP contribution in [0.2, 0.25) is 0 Å². The Balaban J connectivity index is 0.00000280. The van der Waals surface area contributed by atoms with Gasteiger partial charge in [0.05, 0.1) is 5.69 Å². The van der Waals surface area contributed by atoms with Gasteiger partial charge < -0.3 is 10.6 Å². The van der Waals surface area contributed by atoms with Crippen molar-refractivity contribution < 1.29 is 0 Å². The molecule has 7 heteroatoms. The molecule has 1 unspecified atom stereocenters. The van der Waals surface area contributed by atoms with Crippen molar-refractivity contribution in [1.82, 2.24) is 20.4 Å². The van der Waals surface area contributed by atoms with Crippen LogP contribution in [-0.4, -0.2) is 35.9 Å². The first kappa shape index (κ1) is 22.4. The van der Waals surface area contributed by atoms with Gasteiger partial charge >= 0.3 is 0 Å². The number of guanidine groups is 1. The zero-order valence-corrected chi connectivity index (χ0v) is 19.5. The van der Waals surface area contributed by atoms with Gasteiger partial charge in [0.15, 0.2) is 5.96 Å². The van der Waals surface area contributed by atoms with Gasteiger partial charge in [0, 0.05) is 37.4 Å². The van der Waals surface area contributed by atoms with Gasteiger partial charge in [0.1, 0.15) is 0 Å². The minimum Gasteiger partial charge on any atom is -0.356 e. The molecule has 3 rings (SSSR count). The molecule has 2 heterocycles. The second kappa shape index (κ2) is 11.9. The quantitative estimate of drug-likeness (QED) is 0.273. The molecule has 0 fully saturated rings. The fourth-order valence-corrected chi connectivity index (χ4v) is 3.77. The Kier molecular flexibility index (Phi) is 9.49. The zero-order chi connectivity index (χ0) is 18.9. The molecular formula is C21H28IN5S. The minimum atomic E-state index is 0. The average Bonchev–Trinajstić information content (AvgIpc) is 3.39. The van der Waals surface area contributed by atoms with Crippen LogP contribution in [0.15, 0.2) is 65.2 Å². The molecule has 1 atom stereocenters. The minimum absolute atomic E-state index is 0. The molecule has 0 saturated heterocycles. The van der Waals surface area contributed by atoms with E-state index >= 15 is 0 Å². The maximum Gasteiger partial charge on any atom is 0.190 e. The first-order chi connectivity index (χ1) is 13.2. The van der Waals surface area contributed by atoms with Crippen LogP contribution in [0.25, 0.3) is 5.69 Å². The molecule has 28 heavy (non-hydrogen) atoms. The fourth-order valence-electron chi connectivity index (χ4n) is 2.90. The maximum absolute atomic E-state index is 4.32. The molecule has 0 radical (unpaired) electrons. The van der Waals surface area contributed by atoms with Gasteiger partial charge in [0.25, 0.3) is 0 Å². The van der Waals surface area contributed by atoms with E-state index in [9.17, 15) is 0 Å². The van der Waals surface area contributed by atoms with Crippen molar-refractivity contribution in [2.45, 2.75) is 19.8 Å². The SMILES string of the molecule is CN=C(NCCc1ccc(-n2cccn2)cc1)NCC(C)Cc1cccs1.I. The third-order valence-corrected chi connectivity index (χ3v) is 5.28. The summed E-state index contributed by atoms with van der Waals surface area (Å²) in [6.07, 6.45) is 5.79. The first-order valence-electron chi connectivity index (χ1n) is 9.30. The highest BCUT2D eigenvalue weighted by atomic mass is 127. The highest BCUT2D eigenvalue weighted by molar-refractivity contribution is 14.0. The van der Waals surface area contributed by atoms with Crippen molar-refractivity contribution >= 4 is 41.3 Å². The van der Waals surface area contributed by atoms with Gasteiger partial charge in [-0.3, -0.25) is 4.99 Å². The Labute approximate surface area is 188 Å². The maximum atomic E-state index is 4.32. The molecule has 0 amide bonds. The summed E-state index contributed by atoms with van der Waals surface area (Å²) in [6.45, 7) is 4.03. The molecule has 1 aromatic carbocycles.